The van der Waals surface area contributed by atoms with Crippen molar-refractivity contribution in [1.82, 2.24) is 5.43 Å². The number of ether oxygens (including phenoxy) is 2. The lowest BCUT2D eigenvalue weighted by atomic mass is 9.48. The molecule has 0 unspecified atom stereocenters. The van der Waals surface area contributed by atoms with Crippen molar-refractivity contribution in [2.24, 2.45) is 28.3 Å². The summed E-state index contributed by atoms with van der Waals surface area (Å²) in [6.07, 6.45) is 7.96. The van der Waals surface area contributed by atoms with Crippen molar-refractivity contribution >= 4 is 11.6 Å². The van der Waals surface area contributed by atoms with Crippen molar-refractivity contribution in [3.05, 3.63) is 23.8 Å². The molecule has 5 nitrogen and oxygen atoms in total. The molecular formula is C21H28N2O3. The van der Waals surface area contributed by atoms with Gasteiger partial charge >= 0.3 is 0 Å². The molecule has 0 saturated heterocycles. The number of rotatable bonds is 5. The molecule has 140 valence electrons. The number of carbonyl (C=O) groups is 1. The highest BCUT2D eigenvalue weighted by Gasteiger charge is 2.52. The van der Waals surface area contributed by atoms with Crippen LogP contribution in [0.3, 0.4) is 0 Å². The smallest absolute Gasteiger partial charge is 0.271 e. The number of amides is 1. The lowest BCUT2D eigenvalue weighted by molar-refractivity contribution is -0.0128. The van der Waals surface area contributed by atoms with Crippen molar-refractivity contribution in [3.63, 3.8) is 0 Å². The Morgan fingerprint density at radius 2 is 1.50 bits per heavy atom. The third kappa shape index (κ3) is 3.08. The van der Waals surface area contributed by atoms with E-state index >= 15 is 0 Å². The van der Waals surface area contributed by atoms with Crippen molar-refractivity contribution < 1.29 is 14.3 Å². The van der Waals surface area contributed by atoms with E-state index in [0.29, 0.717) is 17.1 Å². The summed E-state index contributed by atoms with van der Waals surface area (Å²) in [7, 11) is 3.15. The number of carbonyl (C=O) groups excluding carboxylic acids is 1. The molecule has 0 radical (unpaired) electrons. The van der Waals surface area contributed by atoms with Crippen LogP contribution in [0.2, 0.25) is 0 Å². The van der Waals surface area contributed by atoms with Crippen LogP contribution in [0.4, 0.5) is 0 Å². The Kier molecular flexibility index (Phi) is 4.41. The SMILES string of the molecule is COc1cc(OC)cc(C(=O)N/N=C(/C)C23CC4CC(CC(C4)C2)C3)c1. The highest BCUT2D eigenvalue weighted by atomic mass is 16.5. The van der Waals surface area contributed by atoms with Crippen LogP contribution in [0.25, 0.3) is 0 Å². The number of methoxy groups -OCH3 is 2. The number of benzene rings is 1. The van der Waals surface area contributed by atoms with Crippen LogP contribution in [0.1, 0.15) is 55.8 Å². The van der Waals surface area contributed by atoms with E-state index in [2.05, 4.69) is 17.5 Å². The molecule has 0 spiro atoms. The van der Waals surface area contributed by atoms with E-state index in [1.165, 1.54) is 38.5 Å². The summed E-state index contributed by atoms with van der Waals surface area (Å²) in [6, 6.07) is 5.15. The lowest BCUT2D eigenvalue weighted by Gasteiger charge is -2.56. The molecule has 5 heteroatoms. The Bertz CT molecular complexity index is 683. The van der Waals surface area contributed by atoms with Gasteiger partial charge in [0.15, 0.2) is 0 Å². The van der Waals surface area contributed by atoms with E-state index in [-0.39, 0.29) is 11.3 Å². The van der Waals surface area contributed by atoms with Crippen LogP contribution in [-0.4, -0.2) is 25.8 Å². The van der Waals surface area contributed by atoms with Gasteiger partial charge in [0.1, 0.15) is 11.5 Å². The largest absolute Gasteiger partial charge is 0.497 e. The topological polar surface area (TPSA) is 59.9 Å². The Hall–Kier alpha value is -2.04. The highest BCUT2D eigenvalue weighted by molar-refractivity contribution is 5.96. The molecule has 26 heavy (non-hydrogen) atoms. The zero-order chi connectivity index (χ0) is 18.3. The number of nitrogens with zero attached hydrogens (tertiary/aromatic N) is 1. The molecule has 4 aliphatic carbocycles. The zero-order valence-electron chi connectivity index (χ0n) is 15.9. The van der Waals surface area contributed by atoms with E-state index in [4.69, 9.17) is 9.47 Å². The van der Waals surface area contributed by atoms with Gasteiger partial charge in [-0.05, 0) is 75.3 Å². The number of hydrogen-bond donors (Lipinski definition) is 1. The number of hydrogen-bond acceptors (Lipinski definition) is 4. The first-order valence-corrected chi connectivity index (χ1v) is 9.59. The van der Waals surface area contributed by atoms with Gasteiger partial charge in [0.25, 0.3) is 5.91 Å². The third-order valence-electron chi connectivity index (χ3n) is 6.74. The number of nitrogens with one attached hydrogen (secondary N) is 1. The van der Waals surface area contributed by atoms with Crippen molar-refractivity contribution in [1.29, 1.82) is 0 Å². The van der Waals surface area contributed by atoms with E-state index in [1.807, 2.05) is 0 Å². The van der Waals surface area contributed by atoms with Gasteiger partial charge in [0.05, 0.1) is 14.2 Å². The molecule has 5 rings (SSSR count). The normalized spacial score (nSPS) is 32.4. The zero-order valence-corrected chi connectivity index (χ0v) is 15.9. The molecular weight excluding hydrogens is 328 g/mol. The van der Waals surface area contributed by atoms with Gasteiger partial charge in [-0.15, -0.1) is 0 Å². The minimum Gasteiger partial charge on any atom is -0.497 e. The fraction of sp³-hybridized carbons (Fsp3) is 0.619. The monoisotopic (exact) mass is 356 g/mol. The second kappa shape index (κ2) is 6.60. The Balaban J connectivity index is 1.50. The summed E-state index contributed by atoms with van der Waals surface area (Å²) in [6.45, 7) is 2.10. The van der Waals surface area contributed by atoms with Crippen LogP contribution in [-0.2, 0) is 0 Å². The summed E-state index contributed by atoms with van der Waals surface area (Å²) in [5.41, 5.74) is 4.57. The van der Waals surface area contributed by atoms with E-state index in [0.717, 1.165) is 23.5 Å². The summed E-state index contributed by atoms with van der Waals surface area (Å²) < 4.78 is 10.5. The number of hydrazone groups is 1. The van der Waals surface area contributed by atoms with Crippen molar-refractivity contribution in [2.75, 3.05) is 14.2 Å². The molecule has 4 fully saturated rings. The van der Waals surface area contributed by atoms with E-state index < -0.39 is 0 Å². The second-order valence-electron chi connectivity index (χ2n) is 8.44. The average Bonchev–Trinajstić information content (AvgIpc) is 2.64. The standard InChI is InChI=1S/C21H28N2O3/c1-13(21-10-14-4-15(11-21)6-16(5-14)12-21)22-23-20(24)17-7-18(25-2)9-19(8-17)26-3/h7-9,14-16H,4-6,10-12H2,1-3H3,(H,23,24)/b22-13-. The van der Waals surface area contributed by atoms with Gasteiger partial charge in [-0.25, -0.2) is 5.43 Å². The van der Waals surface area contributed by atoms with E-state index in [9.17, 15) is 4.79 Å². The molecule has 4 saturated carbocycles. The van der Waals surface area contributed by atoms with Gasteiger partial charge in [-0.2, -0.15) is 5.10 Å². The molecule has 1 aromatic rings. The molecule has 0 aromatic heterocycles. The van der Waals surface area contributed by atoms with Crippen molar-refractivity contribution in [3.8, 4) is 11.5 Å². The third-order valence-corrected chi connectivity index (χ3v) is 6.74. The first kappa shape index (κ1) is 17.4. The summed E-state index contributed by atoms with van der Waals surface area (Å²) in [5.74, 6) is 3.55. The minimum absolute atomic E-state index is 0.216. The predicted octanol–water partition coefficient (Wildman–Crippen LogP) is 4.03. The van der Waals surface area contributed by atoms with Crippen LogP contribution in [0, 0.1) is 23.2 Å². The molecule has 1 N–H and O–H groups in total. The first-order valence-electron chi connectivity index (χ1n) is 9.59. The van der Waals surface area contributed by atoms with Crippen LogP contribution < -0.4 is 14.9 Å². The van der Waals surface area contributed by atoms with Crippen LogP contribution in [0.15, 0.2) is 23.3 Å². The summed E-state index contributed by atoms with van der Waals surface area (Å²) in [4.78, 5) is 12.6. The fourth-order valence-electron chi connectivity index (χ4n) is 5.81. The highest BCUT2D eigenvalue weighted by Crippen LogP contribution is 2.60. The van der Waals surface area contributed by atoms with E-state index in [1.54, 1.807) is 32.4 Å². The second-order valence-corrected chi connectivity index (χ2v) is 8.44. The molecule has 0 atom stereocenters. The molecule has 1 amide bonds. The molecule has 4 aliphatic rings. The maximum atomic E-state index is 12.6. The molecule has 4 bridgehead atoms. The summed E-state index contributed by atoms with van der Waals surface area (Å²) >= 11 is 0. The van der Waals surface area contributed by atoms with Crippen LogP contribution in [0.5, 0.6) is 11.5 Å². The molecule has 0 aliphatic heterocycles. The predicted molar refractivity (Wildman–Crippen MR) is 101 cm³/mol. The maximum absolute atomic E-state index is 12.6. The molecule has 1 aromatic carbocycles. The van der Waals surface area contributed by atoms with Gasteiger partial charge in [0.2, 0.25) is 0 Å². The quantitative estimate of drug-likeness (QED) is 0.640. The summed E-state index contributed by atoms with van der Waals surface area (Å²) in [5, 5.41) is 4.54. The van der Waals surface area contributed by atoms with Gasteiger partial charge < -0.3 is 9.47 Å². The lowest BCUT2D eigenvalue weighted by Crippen LogP contribution is -2.49. The Morgan fingerprint density at radius 3 is 1.96 bits per heavy atom. The van der Waals surface area contributed by atoms with Gasteiger partial charge in [-0.3, -0.25) is 4.79 Å². The van der Waals surface area contributed by atoms with Crippen molar-refractivity contribution in [2.45, 2.75) is 45.4 Å². The minimum atomic E-state index is -0.230. The first-order chi connectivity index (χ1) is 12.5. The maximum Gasteiger partial charge on any atom is 0.271 e. The van der Waals surface area contributed by atoms with Gasteiger partial charge in [0, 0.05) is 22.8 Å². The average molecular weight is 356 g/mol. The fourth-order valence-corrected chi connectivity index (χ4v) is 5.81. The van der Waals surface area contributed by atoms with Gasteiger partial charge in [-0.1, -0.05) is 0 Å². The Labute approximate surface area is 155 Å². The molecule has 0 heterocycles. The van der Waals surface area contributed by atoms with Crippen LogP contribution >= 0.6 is 0 Å². The Morgan fingerprint density at radius 1 is 1.00 bits per heavy atom.